The van der Waals surface area contributed by atoms with Crippen LogP contribution in [0.15, 0.2) is 60.0 Å². The fourth-order valence-electron chi connectivity index (χ4n) is 3.14. The molecule has 136 valence electrons. The Morgan fingerprint density at radius 1 is 1.04 bits per heavy atom. The third kappa shape index (κ3) is 4.06. The second-order valence-corrected chi connectivity index (χ2v) is 7.50. The number of nitrogens with zero attached hydrogens (tertiary/aromatic N) is 1. The van der Waals surface area contributed by atoms with Crippen LogP contribution in [-0.2, 0) is 9.59 Å². The predicted molar refractivity (Wildman–Crippen MR) is 108 cm³/mol. The minimum absolute atomic E-state index is 0.0247. The van der Waals surface area contributed by atoms with Crippen LogP contribution >= 0.6 is 11.3 Å². The normalized spacial score (nSPS) is 18.0. The molecule has 2 amide bonds. The van der Waals surface area contributed by atoms with Crippen LogP contribution in [0.4, 0.5) is 10.8 Å². The molecular formula is C21H19N3O2S. The van der Waals surface area contributed by atoms with E-state index in [4.69, 9.17) is 0 Å². The fourth-order valence-corrected chi connectivity index (χ4v) is 3.87. The van der Waals surface area contributed by atoms with Crippen molar-refractivity contribution in [1.82, 2.24) is 4.98 Å². The van der Waals surface area contributed by atoms with Crippen LogP contribution < -0.4 is 10.6 Å². The van der Waals surface area contributed by atoms with E-state index in [1.54, 1.807) is 0 Å². The molecule has 2 aromatic carbocycles. The van der Waals surface area contributed by atoms with E-state index >= 15 is 0 Å². The lowest BCUT2D eigenvalue weighted by Crippen LogP contribution is -2.14. The monoisotopic (exact) mass is 377 g/mol. The number of aromatic nitrogens is 1. The molecule has 1 aliphatic rings. The Balaban J connectivity index is 1.38. The van der Waals surface area contributed by atoms with Crippen molar-refractivity contribution < 1.29 is 9.59 Å². The van der Waals surface area contributed by atoms with Crippen molar-refractivity contribution in [1.29, 1.82) is 0 Å². The van der Waals surface area contributed by atoms with Gasteiger partial charge >= 0.3 is 0 Å². The Morgan fingerprint density at radius 3 is 2.48 bits per heavy atom. The number of hydrogen-bond donors (Lipinski definition) is 2. The van der Waals surface area contributed by atoms with Gasteiger partial charge in [-0.25, -0.2) is 4.98 Å². The van der Waals surface area contributed by atoms with Gasteiger partial charge in [-0.05, 0) is 30.0 Å². The molecular weight excluding hydrogens is 358 g/mol. The van der Waals surface area contributed by atoms with Crippen molar-refractivity contribution in [2.24, 2.45) is 5.92 Å². The number of nitrogens with one attached hydrogen (secondary N) is 2. The van der Waals surface area contributed by atoms with Crippen molar-refractivity contribution in [2.75, 3.05) is 10.6 Å². The summed E-state index contributed by atoms with van der Waals surface area (Å²) in [6.45, 7) is 1.48. The summed E-state index contributed by atoms with van der Waals surface area (Å²) in [5.74, 6) is 0.268. The van der Waals surface area contributed by atoms with Gasteiger partial charge in [0.25, 0.3) is 0 Å². The molecule has 0 bridgehead atoms. The number of carbonyl (C=O) groups is 2. The first-order valence-corrected chi connectivity index (χ1v) is 9.67. The van der Waals surface area contributed by atoms with Crippen LogP contribution in [0.1, 0.15) is 24.8 Å². The van der Waals surface area contributed by atoms with Gasteiger partial charge in [-0.2, -0.15) is 0 Å². The average molecular weight is 377 g/mol. The van der Waals surface area contributed by atoms with Gasteiger partial charge in [-0.1, -0.05) is 42.5 Å². The first-order valence-electron chi connectivity index (χ1n) is 8.79. The third-order valence-electron chi connectivity index (χ3n) is 4.59. The fraction of sp³-hybridized carbons (Fsp3) is 0.190. The molecule has 3 aromatic rings. The SMILES string of the molecule is CC(=O)Nc1ccc(-c2csc(NC(=O)[C@H]3C[C@H]3c3ccccc3)n2)cc1. The summed E-state index contributed by atoms with van der Waals surface area (Å²) in [7, 11) is 0. The number of thiazole rings is 1. The number of rotatable bonds is 5. The second-order valence-electron chi connectivity index (χ2n) is 6.65. The molecule has 4 rings (SSSR count). The van der Waals surface area contributed by atoms with Crippen molar-refractivity contribution in [3.8, 4) is 11.3 Å². The van der Waals surface area contributed by atoms with E-state index in [9.17, 15) is 9.59 Å². The summed E-state index contributed by atoms with van der Waals surface area (Å²) in [4.78, 5) is 28.1. The molecule has 27 heavy (non-hydrogen) atoms. The van der Waals surface area contributed by atoms with Crippen molar-refractivity contribution in [3.05, 3.63) is 65.5 Å². The highest BCUT2D eigenvalue weighted by Crippen LogP contribution is 2.48. The van der Waals surface area contributed by atoms with Gasteiger partial charge in [0.1, 0.15) is 0 Å². The van der Waals surface area contributed by atoms with E-state index in [2.05, 4.69) is 27.8 Å². The Bertz CT molecular complexity index is 967. The molecule has 6 heteroatoms. The van der Waals surface area contributed by atoms with E-state index < -0.39 is 0 Å². The van der Waals surface area contributed by atoms with Gasteiger partial charge in [0.2, 0.25) is 11.8 Å². The highest BCUT2D eigenvalue weighted by Gasteiger charge is 2.44. The molecule has 1 aromatic heterocycles. The maximum absolute atomic E-state index is 12.5. The van der Waals surface area contributed by atoms with Gasteiger partial charge in [0, 0.05) is 29.5 Å². The molecule has 1 fully saturated rings. The van der Waals surface area contributed by atoms with E-state index in [1.165, 1.54) is 23.8 Å². The van der Waals surface area contributed by atoms with Gasteiger partial charge in [-0.15, -0.1) is 11.3 Å². The smallest absolute Gasteiger partial charge is 0.229 e. The van der Waals surface area contributed by atoms with Gasteiger partial charge in [-0.3, -0.25) is 9.59 Å². The number of carbonyl (C=O) groups excluding carboxylic acids is 2. The van der Waals surface area contributed by atoms with Crippen LogP contribution in [0.5, 0.6) is 0 Å². The largest absolute Gasteiger partial charge is 0.326 e. The van der Waals surface area contributed by atoms with Gasteiger partial charge in [0.15, 0.2) is 5.13 Å². The zero-order valence-corrected chi connectivity index (χ0v) is 15.6. The molecule has 1 saturated carbocycles. The molecule has 0 saturated heterocycles. The van der Waals surface area contributed by atoms with E-state index in [0.717, 1.165) is 23.4 Å². The lowest BCUT2D eigenvalue weighted by molar-refractivity contribution is -0.117. The molecule has 2 N–H and O–H groups in total. The van der Waals surface area contributed by atoms with Crippen LogP contribution in [0.25, 0.3) is 11.3 Å². The Hall–Kier alpha value is -2.99. The molecule has 1 heterocycles. The van der Waals surface area contributed by atoms with E-state index in [1.807, 2.05) is 47.8 Å². The summed E-state index contributed by atoms with van der Waals surface area (Å²) >= 11 is 1.42. The van der Waals surface area contributed by atoms with E-state index in [-0.39, 0.29) is 17.7 Å². The van der Waals surface area contributed by atoms with Crippen molar-refractivity contribution >= 4 is 34.0 Å². The number of amides is 2. The van der Waals surface area contributed by atoms with Crippen molar-refractivity contribution in [3.63, 3.8) is 0 Å². The minimum atomic E-state index is -0.102. The first-order chi connectivity index (χ1) is 13.1. The average Bonchev–Trinajstić information content (AvgIpc) is 3.35. The summed E-state index contributed by atoms with van der Waals surface area (Å²) in [6, 6.07) is 17.6. The molecule has 0 spiro atoms. The van der Waals surface area contributed by atoms with Crippen LogP contribution in [-0.4, -0.2) is 16.8 Å². The molecule has 5 nitrogen and oxygen atoms in total. The zero-order chi connectivity index (χ0) is 18.8. The summed E-state index contributed by atoms with van der Waals surface area (Å²) in [5, 5.41) is 8.21. The van der Waals surface area contributed by atoms with Crippen LogP contribution in [0, 0.1) is 5.92 Å². The second kappa shape index (κ2) is 7.32. The lowest BCUT2D eigenvalue weighted by Gasteiger charge is -2.03. The standard InChI is InChI=1S/C21H19N3O2S/c1-13(25)22-16-9-7-15(8-10-16)19-12-27-21(23-19)24-20(26)18-11-17(18)14-5-3-2-4-6-14/h2-10,12,17-18H,11H2,1H3,(H,22,25)(H,23,24,26)/t17-,18-/m0/s1. The highest BCUT2D eigenvalue weighted by atomic mass is 32.1. The Labute approximate surface area is 161 Å². The van der Waals surface area contributed by atoms with Gasteiger partial charge in [0.05, 0.1) is 5.69 Å². The number of hydrogen-bond acceptors (Lipinski definition) is 4. The zero-order valence-electron chi connectivity index (χ0n) is 14.8. The number of benzene rings is 2. The Kier molecular flexibility index (Phi) is 4.73. The summed E-state index contributed by atoms with van der Waals surface area (Å²) in [5.41, 5.74) is 3.71. The minimum Gasteiger partial charge on any atom is -0.326 e. The molecule has 2 atom stereocenters. The first kappa shape index (κ1) is 17.4. The maximum Gasteiger partial charge on any atom is 0.229 e. The molecule has 1 aliphatic carbocycles. The van der Waals surface area contributed by atoms with Gasteiger partial charge < -0.3 is 10.6 Å². The van der Waals surface area contributed by atoms with Crippen molar-refractivity contribution in [2.45, 2.75) is 19.3 Å². The Morgan fingerprint density at radius 2 is 1.78 bits per heavy atom. The molecule has 0 unspecified atom stereocenters. The quantitative estimate of drug-likeness (QED) is 0.687. The van der Waals surface area contributed by atoms with Crippen LogP contribution in [0.2, 0.25) is 0 Å². The summed E-state index contributed by atoms with van der Waals surface area (Å²) < 4.78 is 0. The summed E-state index contributed by atoms with van der Waals surface area (Å²) in [6.07, 6.45) is 0.888. The maximum atomic E-state index is 12.5. The van der Waals surface area contributed by atoms with E-state index in [0.29, 0.717) is 11.0 Å². The number of anilines is 2. The third-order valence-corrected chi connectivity index (χ3v) is 5.35. The predicted octanol–water partition coefficient (Wildman–Crippen LogP) is 4.51. The highest BCUT2D eigenvalue weighted by molar-refractivity contribution is 7.14. The van der Waals surface area contributed by atoms with Crippen LogP contribution in [0.3, 0.4) is 0 Å². The molecule has 0 aliphatic heterocycles. The topological polar surface area (TPSA) is 71.1 Å². The lowest BCUT2D eigenvalue weighted by atomic mass is 10.1. The molecule has 0 radical (unpaired) electrons.